The Bertz CT molecular complexity index is 467. The monoisotopic (exact) mass is 307 g/mol. The molecule has 3 atom stereocenters. The Labute approximate surface area is 117 Å². The molecule has 0 saturated carbocycles. The van der Waals surface area contributed by atoms with E-state index in [1.807, 2.05) is 0 Å². The van der Waals surface area contributed by atoms with Crippen LogP contribution in [0.4, 0.5) is 0 Å². The highest BCUT2D eigenvalue weighted by Gasteiger charge is 2.51. The largest absolute Gasteiger partial charge is 0.413 e. The van der Waals surface area contributed by atoms with Crippen LogP contribution in [0.15, 0.2) is 0 Å². The van der Waals surface area contributed by atoms with E-state index >= 15 is 0 Å². The van der Waals surface area contributed by atoms with Crippen molar-refractivity contribution >= 4 is 24.1 Å². The van der Waals surface area contributed by atoms with Gasteiger partial charge >= 0.3 is 0 Å². The number of rotatable bonds is 4. The van der Waals surface area contributed by atoms with Crippen molar-refractivity contribution < 1.29 is 17.6 Å². The molecule has 0 radical (unpaired) electrons. The van der Waals surface area contributed by atoms with Crippen molar-refractivity contribution in [3.05, 3.63) is 0 Å². The van der Waals surface area contributed by atoms with Gasteiger partial charge in [-0.15, -0.1) is 0 Å². The smallest absolute Gasteiger partial charge is 0.229 e. The van der Waals surface area contributed by atoms with Gasteiger partial charge < -0.3 is 9.74 Å². The Morgan fingerprint density at radius 2 is 1.79 bits per heavy atom. The molecule has 1 unspecified atom stereocenters. The van der Waals surface area contributed by atoms with Crippen molar-refractivity contribution in [2.45, 2.75) is 57.3 Å². The van der Waals surface area contributed by atoms with Gasteiger partial charge in [-0.1, -0.05) is 20.8 Å². The molecule has 19 heavy (non-hydrogen) atoms. The number of hydrogen-bond donors (Lipinski definition) is 1. The van der Waals surface area contributed by atoms with Gasteiger partial charge in [0.1, 0.15) is 5.37 Å². The molecule has 112 valence electrons. The first kappa shape index (κ1) is 16.7. The van der Waals surface area contributed by atoms with Crippen LogP contribution < -0.4 is 5.32 Å². The summed E-state index contributed by atoms with van der Waals surface area (Å²) in [5, 5.41) is 1.67. The Balaban J connectivity index is 2.84. The molecule has 0 spiro atoms. The van der Waals surface area contributed by atoms with E-state index in [-0.39, 0.29) is 17.0 Å². The van der Waals surface area contributed by atoms with Gasteiger partial charge in [-0.3, -0.25) is 4.79 Å². The first-order chi connectivity index (χ1) is 8.27. The van der Waals surface area contributed by atoms with Crippen molar-refractivity contribution in [3.8, 4) is 0 Å². The van der Waals surface area contributed by atoms with E-state index in [0.717, 1.165) is 6.26 Å². The molecule has 1 N–H and O–H groups in total. The molecule has 1 aliphatic rings. The van der Waals surface area contributed by atoms with Crippen molar-refractivity contribution in [1.29, 1.82) is 0 Å². The lowest BCUT2D eigenvalue weighted by Gasteiger charge is -2.44. The molecule has 0 aromatic rings. The number of β-lactam (4-membered cyclic amide) rings is 1. The molecular formula is C12H25NO4SSi. The molecule has 0 bridgehead atoms. The summed E-state index contributed by atoms with van der Waals surface area (Å²) < 4.78 is 29.3. The molecule has 1 aliphatic heterocycles. The van der Waals surface area contributed by atoms with Gasteiger partial charge in [0.15, 0.2) is 18.2 Å². The molecule has 7 heteroatoms. The predicted molar refractivity (Wildman–Crippen MR) is 78.0 cm³/mol. The summed E-state index contributed by atoms with van der Waals surface area (Å²) in [6.07, 6.45) is 0.762. The normalized spacial score (nSPS) is 26.6. The van der Waals surface area contributed by atoms with Crippen LogP contribution in [0, 0.1) is 5.92 Å². The van der Waals surface area contributed by atoms with Gasteiger partial charge in [-0.25, -0.2) is 8.42 Å². The van der Waals surface area contributed by atoms with Crippen molar-refractivity contribution in [3.63, 3.8) is 0 Å². The second kappa shape index (κ2) is 4.86. The van der Waals surface area contributed by atoms with Gasteiger partial charge in [0.2, 0.25) is 5.91 Å². The zero-order chi connectivity index (χ0) is 15.2. The minimum Gasteiger partial charge on any atom is -0.413 e. The fourth-order valence-electron chi connectivity index (χ4n) is 1.91. The van der Waals surface area contributed by atoms with Crippen molar-refractivity contribution in [2.75, 3.05) is 6.26 Å². The Hall–Kier alpha value is -0.403. The molecule has 5 nitrogen and oxygen atoms in total. The third-order valence-electron chi connectivity index (χ3n) is 4.17. The van der Waals surface area contributed by atoms with Crippen LogP contribution in [0.1, 0.15) is 27.7 Å². The van der Waals surface area contributed by atoms with E-state index in [4.69, 9.17) is 4.43 Å². The summed E-state index contributed by atoms with van der Waals surface area (Å²) in [5.41, 5.74) is 0. The lowest BCUT2D eigenvalue weighted by atomic mass is 9.96. The quantitative estimate of drug-likeness (QED) is 0.631. The third kappa shape index (κ3) is 3.38. The Kier molecular flexibility index (Phi) is 4.25. The van der Waals surface area contributed by atoms with E-state index in [9.17, 15) is 13.2 Å². The summed E-state index contributed by atoms with van der Waals surface area (Å²) in [4.78, 5) is 11.6. The first-order valence-corrected chi connectivity index (χ1v) is 11.3. The van der Waals surface area contributed by atoms with Crippen molar-refractivity contribution in [2.24, 2.45) is 5.92 Å². The second-order valence-corrected chi connectivity index (χ2v) is 13.8. The van der Waals surface area contributed by atoms with Crippen LogP contribution >= 0.6 is 0 Å². The maximum absolute atomic E-state index is 11.6. The average molecular weight is 307 g/mol. The molecule has 0 aliphatic carbocycles. The Morgan fingerprint density at radius 3 is 2.11 bits per heavy atom. The molecule has 1 saturated heterocycles. The highest BCUT2D eigenvalue weighted by Crippen LogP contribution is 2.39. The topological polar surface area (TPSA) is 72.5 Å². The molecule has 1 amide bonds. The molecule has 1 fully saturated rings. The number of hydrogen-bond acceptors (Lipinski definition) is 4. The third-order valence-corrected chi connectivity index (χ3v) is 10.1. The molecule has 1 heterocycles. The summed E-state index contributed by atoms with van der Waals surface area (Å²) in [6.45, 7) is 12.3. The minimum atomic E-state index is -3.28. The first-order valence-electron chi connectivity index (χ1n) is 6.44. The fraction of sp³-hybridized carbons (Fsp3) is 0.917. The van der Waals surface area contributed by atoms with E-state index in [2.05, 4.69) is 39.2 Å². The van der Waals surface area contributed by atoms with E-state index in [1.165, 1.54) is 0 Å². The lowest BCUT2D eigenvalue weighted by molar-refractivity contribution is -0.136. The van der Waals surface area contributed by atoms with Crippen molar-refractivity contribution in [1.82, 2.24) is 5.32 Å². The van der Waals surface area contributed by atoms with Gasteiger partial charge in [0, 0.05) is 6.26 Å². The number of sulfone groups is 1. The zero-order valence-corrected chi connectivity index (χ0v) is 14.6. The van der Waals surface area contributed by atoms with Crippen LogP contribution in [-0.4, -0.2) is 40.4 Å². The van der Waals surface area contributed by atoms with E-state index in [0.29, 0.717) is 0 Å². The van der Waals surface area contributed by atoms with Gasteiger partial charge in [-0.2, -0.15) is 0 Å². The lowest BCUT2D eigenvalue weighted by Crippen LogP contribution is -2.66. The zero-order valence-electron chi connectivity index (χ0n) is 12.8. The van der Waals surface area contributed by atoms with Crippen LogP contribution in [-0.2, 0) is 19.1 Å². The van der Waals surface area contributed by atoms with Crippen LogP contribution in [0.5, 0.6) is 0 Å². The Morgan fingerprint density at radius 1 is 1.32 bits per heavy atom. The average Bonchev–Trinajstić information content (AvgIpc) is 2.08. The number of amides is 1. The summed E-state index contributed by atoms with van der Waals surface area (Å²) >= 11 is 0. The summed E-state index contributed by atoms with van der Waals surface area (Å²) in [7, 11) is -5.29. The minimum absolute atomic E-state index is 0.0298. The molecule has 0 aromatic heterocycles. The molecule has 1 rings (SSSR count). The van der Waals surface area contributed by atoms with Gasteiger partial charge in [0.25, 0.3) is 0 Å². The molecular weight excluding hydrogens is 282 g/mol. The number of nitrogens with one attached hydrogen (secondary N) is 1. The molecule has 0 aromatic carbocycles. The summed E-state index contributed by atoms with van der Waals surface area (Å²) in [5.74, 6) is -0.828. The summed E-state index contributed by atoms with van der Waals surface area (Å²) in [6, 6.07) is 0. The van der Waals surface area contributed by atoms with Gasteiger partial charge in [-0.05, 0) is 25.1 Å². The second-order valence-electron chi connectivity index (χ2n) is 6.87. The van der Waals surface area contributed by atoms with Crippen LogP contribution in [0.2, 0.25) is 18.1 Å². The van der Waals surface area contributed by atoms with E-state index < -0.39 is 29.4 Å². The van der Waals surface area contributed by atoms with E-state index in [1.54, 1.807) is 6.92 Å². The van der Waals surface area contributed by atoms with Crippen LogP contribution in [0.3, 0.4) is 0 Å². The maximum atomic E-state index is 11.6. The highest BCUT2D eigenvalue weighted by molar-refractivity contribution is 7.91. The van der Waals surface area contributed by atoms with Gasteiger partial charge in [0.05, 0.1) is 12.0 Å². The fourth-order valence-corrected chi connectivity index (χ4v) is 4.55. The van der Waals surface area contributed by atoms with Crippen LogP contribution in [0.25, 0.3) is 0 Å². The number of carbonyl (C=O) groups is 1. The SMILES string of the molecule is CC(O[Si](C)(C)C(C)(C)C)[C@H]1C(=O)N[C@@H]1S(C)(=O)=O. The maximum Gasteiger partial charge on any atom is 0.229 e. The standard InChI is InChI=1S/C12H25NO4SSi/c1-8(17-19(6,7)12(2,3)4)9-10(14)13-11(9)18(5,15)16/h8-9,11H,1-7H3,(H,13,14)/t8?,9-,11+/m0/s1. The number of carbonyl (C=O) groups excluding carboxylic acids is 1. The highest BCUT2D eigenvalue weighted by atomic mass is 32.2. The predicted octanol–water partition coefficient (Wildman–Crippen LogP) is 1.51.